The fourth-order valence-corrected chi connectivity index (χ4v) is 4.67. The first-order valence-corrected chi connectivity index (χ1v) is 11.6. The Hall–Kier alpha value is -3.49. The minimum Gasteiger partial charge on any atom is -0.456 e. The van der Waals surface area contributed by atoms with Gasteiger partial charge in [0.25, 0.3) is 0 Å². The molecule has 1 aliphatic rings. The molecule has 1 aliphatic carbocycles. The lowest BCUT2D eigenvalue weighted by molar-refractivity contribution is -0.0856. The number of nitrogens with one attached hydrogen (secondary N) is 1. The predicted octanol–water partition coefficient (Wildman–Crippen LogP) is 5.28. The number of hydrogen-bond acceptors (Lipinski definition) is 6. The van der Waals surface area contributed by atoms with Crippen molar-refractivity contribution in [2.45, 2.75) is 38.8 Å². The molecule has 6 rings (SSSR count). The van der Waals surface area contributed by atoms with Crippen LogP contribution in [0.3, 0.4) is 0 Å². The summed E-state index contributed by atoms with van der Waals surface area (Å²) in [6.45, 7) is 4.47. The van der Waals surface area contributed by atoms with Crippen LogP contribution < -0.4 is 4.74 Å². The zero-order valence-electron chi connectivity index (χ0n) is 18.8. The lowest BCUT2D eigenvalue weighted by Gasteiger charge is -2.42. The van der Waals surface area contributed by atoms with Crippen LogP contribution >= 0.6 is 11.6 Å². The molecule has 0 radical (unpaired) electrons. The van der Waals surface area contributed by atoms with Crippen LogP contribution in [0.1, 0.15) is 25.6 Å². The number of nitrogens with zero attached hydrogens (tertiary/aromatic N) is 5. The molecule has 9 heteroatoms. The van der Waals surface area contributed by atoms with Gasteiger partial charge in [-0.05, 0) is 51.0 Å². The minimum absolute atomic E-state index is 0.210. The number of benzene rings is 2. The number of aliphatic hydroxyl groups is 1. The van der Waals surface area contributed by atoms with E-state index in [1.165, 1.54) is 0 Å². The van der Waals surface area contributed by atoms with E-state index in [9.17, 15) is 5.11 Å². The summed E-state index contributed by atoms with van der Waals surface area (Å²) in [4.78, 5) is 16.9. The SMILES string of the molecule is Cc1nc2ccc(Oc3ccc4ncc(-c5cnn(CC6CCC6(C)O)c5)nc4c3Cl)cc2[nH]1. The van der Waals surface area contributed by atoms with E-state index in [2.05, 4.69) is 20.1 Å². The molecule has 0 spiro atoms. The topological polar surface area (TPSA) is 102 Å². The molecule has 5 aromatic rings. The molecule has 0 amide bonds. The highest BCUT2D eigenvalue weighted by atomic mass is 35.5. The van der Waals surface area contributed by atoms with Gasteiger partial charge in [0.2, 0.25) is 0 Å². The van der Waals surface area contributed by atoms with Gasteiger partial charge >= 0.3 is 0 Å². The van der Waals surface area contributed by atoms with Crippen LogP contribution in [0.5, 0.6) is 11.5 Å². The first kappa shape index (κ1) is 21.1. The van der Waals surface area contributed by atoms with Gasteiger partial charge in [-0.2, -0.15) is 5.10 Å². The van der Waals surface area contributed by atoms with Crippen molar-refractivity contribution in [3.63, 3.8) is 0 Å². The van der Waals surface area contributed by atoms with Gasteiger partial charge in [-0.1, -0.05) is 11.6 Å². The van der Waals surface area contributed by atoms with Crippen molar-refractivity contribution >= 4 is 33.7 Å². The highest BCUT2D eigenvalue weighted by molar-refractivity contribution is 6.36. The molecule has 0 saturated heterocycles. The molecule has 2 N–H and O–H groups in total. The Balaban J connectivity index is 1.29. The summed E-state index contributed by atoms with van der Waals surface area (Å²) in [6.07, 6.45) is 7.25. The van der Waals surface area contributed by atoms with Crippen LogP contribution in [0, 0.1) is 12.8 Å². The third-order valence-electron chi connectivity index (χ3n) is 6.63. The van der Waals surface area contributed by atoms with E-state index in [0.29, 0.717) is 39.8 Å². The second-order valence-corrected chi connectivity index (χ2v) is 9.53. The standard InChI is InChI=1S/C25H23ClN6O2/c1-14-29-18-4-3-17(9-20(18)30-14)34-22-6-5-19-24(23(22)26)31-21(11-27-19)15-10-28-32(12-15)13-16-7-8-25(16,2)33/h3-6,9-12,16,33H,7-8,13H2,1-2H3,(H,29,30). The van der Waals surface area contributed by atoms with E-state index in [-0.39, 0.29) is 5.92 Å². The second-order valence-electron chi connectivity index (χ2n) is 9.15. The molecule has 34 heavy (non-hydrogen) atoms. The molecule has 0 aliphatic heterocycles. The maximum atomic E-state index is 10.3. The van der Waals surface area contributed by atoms with Crippen LogP contribution in [0.4, 0.5) is 0 Å². The van der Waals surface area contributed by atoms with Gasteiger partial charge in [-0.25, -0.2) is 9.97 Å². The Bertz CT molecular complexity index is 1540. The van der Waals surface area contributed by atoms with E-state index < -0.39 is 5.60 Å². The van der Waals surface area contributed by atoms with Gasteiger partial charge in [-0.3, -0.25) is 9.67 Å². The smallest absolute Gasteiger partial charge is 0.148 e. The van der Waals surface area contributed by atoms with Crippen LogP contribution in [-0.4, -0.2) is 40.4 Å². The number of aromatic amines is 1. The second kappa shape index (κ2) is 7.78. The Morgan fingerprint density at radius 1 is 1.21 bits per heavy atom. The van der Waals surface area contributed by atoms with Gasteiger partial charge in [0.05, 0.1) is 40.2 Å². The monoisotopic (exact) mass is 474 g/mol. The maximum absolute atomic E-state index is 10.3. The number of aromatic nitrogens is 6. The molecule has 8 nitrogen and oxygen atoms in total. The van der Waals surface area contributed by atoms with Crippen LogP contribution in [-0.2, 0) is 6.54 Å². The molecular weight excluding hydrogens is 452 g/mol. The fourth-order valence-electron chi connectivity index (χ4n) is 4.43. The zero-order chi connectivity index (χ0) is 23.4. The lowest BCUT2D eigenvalue weighted by atomic mass is 9.71. The summed E-state index contributed by atoms with van der Waals surface area (Å²) in [6, 6.07) is 9.30. The van der Waals surface area contributed by atoms with Crippen molar-refractivity contribution in [1.82, 2.24) is 29.7 Å². The number of aryl methyl sites for hydroxylation is 1. The quantitative estimate of drug-likeness (QED) is 0.359. The van der Waals surface area contributed by atoms with Crippen LogP contribution in [0.25, 0.3) is 33.3 Å². The molecular formula is C25H23ClN6O2. The number of hydrogen-bond donors (Lipinski definition) is 2. The van der Waals surface area contributed by atoms with Crippen molar-refractivity contribution < 1.29 is 9.84 Å². The van der Waals surface area contributed by atoms with Crippen molar-refractivity contribution in [3.8, 4) is 22.8 Å². The Morgan fingerprint density at radius 3 is 2.85 bits per heavy atom. The molecule has 0 bridgehead atoms. The Labute approximate surface area is 200 Å². The number of imidazole rings is 1. The first-order valence-electron chi connectivity index (χ1n) is 11.2. The molecule has 2 aromatic carbocycles. The first-order chi connectivity index (χ1) is 16.4. The van der Waals surface area contributed by atoms with Gasteiger partial charge < -0.3 is 14.8 Å². The van der Waals surface area contributed by atoms with Gasteiger partial charge in [0.1, 0.15) is 27.9 Å². The van der Waals surface area contributed by atoms with Gasteiger partial charge in [0, 0.05) is 30.3 Å². The lowest BCUT2D eigenvalue weighted by Crippen LogP contribution is -2.46. The summed E-state index contributed by atoms with van der Waals surface area (Å²) >= 11 is 6.71. The normalized spacial score (nSPS) is 20.1. The number of ether oxygens (including phenoxy) is 1. The molecule has 172 valence electrons. The molecule has 2 unspecified atom stereocenters. The molecule has 2 atom stereocenters. The highest BCUT2D eigenvalue weighted by Gasteiger charge is 2.40. The number of rotatable bonds is 5. The maximum Gasteiger partial charge on any atom is 0.148 e. The molecule has 3 aromatic heterocycles. The van der Waals surface area contributed by atoms with Crippen LogP contribution in [0.2, 0.25) is 5.02 Å². The Morgan fingerprint density at radius 2 is 2.06 bits per heavy atom. The number of fused-ring (bicyclic) bond motifs is 2. The zero-order valence-corrected chi connectivity index (χ0v) is 19.5. The molecule has 1 fully saturated rings. The minimum atomic E-state index is -0.612. The summed E-state index contributed by atoms with van der Waals surface area (Å²) in [5, 5.41) is 15.1. The van der Waals surface area contributed by atoms with E-state index in [1.807, 2.05) is 49.0 Å². The number of H-pyrrole nitrogens is 1. The number of halogens is 1. The average Bonchev–Trinajstić information content (AvgIpc) is 3.44. The predicted molar refractivity (Wildman–Crippen MR) is 130 cm³/mol. The van der Waals surface area contributed by atoms with E-state index in [1.54, 1.807) is 18.5 Å². The summed E-state index contributed by atoms with van der Waals surface area (Å²) in [7, 11) is 0. The van der Waals surface area contributed by atoms with Crippen molar-refractivity contribution in [2.75, 3.05) is 0 Å². The largest absolute Gasteiger partial charge is 0.456 e. The highest BCUT2D eigenvalue weighted by Crippen LogP contribution is 2.39. The van der Waals surface area contributed by atoms with Crippen molar-refractivity contribution in [2.24, 2.45) is 5.92 Å². The van der Waals surface area contributed by atoms with Crippen LogP contribution in [0.15, 0.2) is 48.9 Å². The van der Waals surface area contributed by atoms with Crippen molar-refractivity contribution in [1.29, 1.82) is 0 Å². The van der Waals surface area contributed by atoms with E-state index in [0.717, 1.165) is 35.3 Å². The summed E-state index contributed by atoms with van der Waals surface area (Å²) in [5.74, 6) is 2.20. The van der Waals surface area contributed by atoms with Gasteiger partial charge in [0.15, 0.2) is 0 Å². The third kappa shape index (κ3) is 3.69. The van der Waals surface area contributed by atoms with Crippen molar-refractivity contribution in [3.05, 3.63) is 59.8 Å². The Kier molecular flexibility index (Phi) is 4.82. The average molecular weight is 475 g/mol. The molecule has 1 saturated carbocycles. The van der Waals surface area contributed by atoms with E-state index >= 15 is 0 Å². The third-order valence-corrected chi connectivity index (χ3v) is 7.00. The molecule has 3 heterocycles. The van der Waals surface area contributed by atoms with Gasteiger partial charge in [-0.15, -0.1) is 0 Å². The fraction of sp³-hybridized carbons (Fsp3) is 0.280. The summed E-state index contributed by atoms with van der Waals surface area (Å²) < 4.78 is 7.93. The van der Waals surface area contributed by atoms with E-state index in [4.69, 9.17) is 21.3 Å². The summed E-state index contributed by atoms with van der Waals surface area (Å²) in [5.41, 5.74) is 3.92.